The van der Waals surface area contributed by atoms with Crippen molar-refractivity contribution in [2.45, 2.75) is 11.1 Å². The molecule has 0 fully saturated rings. The minimum Gasteiger partial charge on any atom is -0.291 e. The van der Waals surface area contributed by atoms with Crippen LogP contribution < -0.4 is 4.72 Å². The predicted molar refractivity (Wildman–Crippen MR) is 98.3 cm³/mol. The predicted octanol–water partition coefficient (Wildman–Crippen LogP) is 3.57. The topological polar surface area (TPSA) is 76.4 Å². The lowest BCUT2D eigenvalue weighted by Gasteiger charge is -2.06. The first-order chi connectivity index (χ1) is 12.0. The highest BCUT2D eigenvalue weighted by Gasteiger charge is 2.16. The average molecular weight is 370 g/mol. The lowest BCUT2D eigenvalue weighted by molar-refractivity contribution is 0.603. The Labute approximate surface area is 148 Å². The number of aromatic nitrogens is 3. The molecule has 0 aliphatic carbocycles. The van der Waals surface area contributed by atoms with Crippen LogP contribution in [0.5, 0.6) is 0 Å². The van der Waals surface area contributed by atoms with Crippen molar-refractivity contribution in [3.8, 4) is 11.3 Å². The molecule has 3 aromatic heterocycles. The van der Waals surface area contributed by atoms with Gasteiger partial charge in [0, 0.05) is 34.7 Å². The van der Waals surface area contributed by atoms with Gasteiger partial charge in [-0.3, -0.25) is 9.12 Å². The smallest absolute Gasteiger partial charge is 0.271 e. The van der Waals surface area contributed by atoms with Gasteiger partial charge in [-0.15, -0.1) is 11.3 Å². The third-order valence-electron chi connectivity index (χ3n) is 3.65. The number of nitrogens with one attached hydrogen (secondary N) is 1. The summed E-state index contributed by atoms with van der Waals surface area (Å²) in [4.78, 5) is 9.60. The molecule has 8 heteroatoms. The molecule has 0 bridgehead atoms. The van der Waals surface area contributed by atoms with Gasteiger partial charge in [0.15, 0.2) is 0 Å². The van der Waals surface area contributed by atoms with Gasteiger partial charge in [0.1, 0.15) is 4.21 Å². The number of nitrogens with zero attached hydrogens (tertiary/aromatic N) is 3. The quantitative estimate of drug-likeness (QED) is 0.596. The molecule has 0 unspecified atom stereocenters. The lowest BCUT2D eigenvalue weighted by atomic mass is 10.1. The molecule has 0 spiro atoms. The first-order valence-corrected chi connectivity index (χ1v) is 9.81. The molecule has 126 valence electrons. The van der Waals surface area contributed by atoms with Gasteiger partial charge in [0.25, 0.3) is 10.0 Å². The number of thiophene rings is 1. The van der Waals surface area contributed by atoms with E-state index in [1.54, 1.807) is 30.5 Å². The summed E-state index contributed by atoms with van der Waals surface area (Å²) in [5, 5.41) is 0. The van der Waals surface area contributed by atoms with Crippen LogP contribution in [-0.2, 0) is 10.0 Å². The molecular weight excluding hydrogens is 356 g/mol. The van der Waals surface area contributed by atoms with Gasteiger partial charge in [-0.1, -0.05) is 12.1 Å². The summed E-state index contributed by atoms with van der Waals surface area (Å²) in [6.07, 6.45) is 5.45. The van der Waals surface area contributed by atoms with Crippen LogP contribution in [0.3, 0.4) is 0 Å². The number of fused-ring (bicyclic) bond motifs is 1. The van der Waals surface area contributed by atoms with Crippen molar-refractivity contribution in [2.24, 2.45) is 0 Å². The molecule has 0 radical (unpaired) electrons. The van der Waals surface area contributed by atoms with Crippen LogP contribution in [0.25, 0.3) is 17.0 Å². The standard InChI is InChI=1S/C17H14N4O2S2/c1-12-3-8-16(24-12)25(22,23)20-14-6-4-13(5-7-14)15-11-21-10-2-9-18-17(21)19-15/h2-11,20H,1H3. The van der Waals surface area contributed by atoms with Crippen LogP contribution in [0.1, 0.15) is 4.88 Å². The van der Waals surface area contributed by atoms with Crippen molar-refractivity contribution >= 4 is 32.8 Å². The number of aryl methyl sites for hydroxylation is 1. The Morgan fingerprint density at radius 3 is 2.60 bits per heavy atom. The van der Waals surface area contributed by atoms with E-state index < -0.39 is 10.0 Å². The molecule has 3 heterocycles. The van der Waals surface area contributed by atoms with Gasteiger partial charge < -0.3 is 0 Å². The maximum atomic E-state index is 12.4. The van der Waals surface area contributed by atoms with Gasteiger partial charge in [0.2, 0.25) is 5.78 Å². The van der Waals surface area contributed by atoms with E-state index in [1.165, 1.54) is 11.3 Å². The fourth-order valence-electron chi connectivity index (χ4n) is 2.44. The average Bonchev–Trinajstić information content (AvgIpc) is 3.21. The van der Waals surface area contributed by atoms with Gasteiger partial charge in [-0.2, -0.15) is 0 Å². The van der Waals surface area contributed by atoms with Gasteiger partial charge in [-0.05, 0) is 37.3 Å². The van der Waals surface area contributed by atoms with E-state index in [0.717, 1.165) is 16.1 Å². The van der Waals surface area contributed by atoms with E-state index >= 15 is 0 Å². The van der Waals surface area contributed by atoms with Crippen molar-refractivity contribution in [1.82, 2.24) is 14.4 Å². The highest BCUT2D eigenvalue weighted by molar-refractivity contribution is 7.94. The largest absolute Gasteiger partial charge is 0.291 e. The van der Waals surface area contributed by atoms with E-state index in [4.69, 9.17) is 0 Å². The van der Waals surface area contributed by atoms with Crippen LogP contribution in [0.2, 0.25) is 0 Å². The fourth-order valence-corrected chi connectivity index (χ4v) is 4.78. The monoisotopic (exact) mass is 370 g/mol. The lowest BCUT2D eigenvalue weighted by Crippen LogP contribution is -2.11. The molecule has 0 atom stereocenters. The number of hydrogen-bond donors (Lipinski definition) is 1. The molecule has 0 aliphatic heterocycles. The fraction of sp³-hybridized carbons (Fsp3) is 0.0588. The van der Waals surface area contributed by atoms with Crippen LogP contribution in [0.4, 0.5) is 5.69 Å². The van der Waals surface area contributed by atoms with Crippen LogP contribution in [-0.4, -0.2) is 22.8 Å². The molecule has 4 aromatic rings. The zero-order valence-corrected chi connectivity index (χ0v) is 14.9. The van der Waals surface area contributed by atoms with E-state index in [-0.39, 0.29) is 0 Å². The summed E-state index contributed by atoms with van der Waals surface area (Å²) >= 11 is 1.25. The Morgan fingerprint density at radius 2 is 1.92 bits per heavy atom. The number of hydrogen-bond acceptors (Lipinski definition) is 5. The van der Waals surface area contributed by atoms with Crippen molar-refractivity contribution < 1.29 is 8.42 Å². The molecule has 1 N–H and O–H groups in total. The second-order valence-corrected chi connectivity index (χ2v) is 8.70. The zero-order chi connectivity index (χ0) is 17.4. The van der Waals surface area contributed by atoms with Gasteiger partial charge in [-0.25, -0.2) is 18.4 Å². The van der Waals surface area contributed by atoms with E-state index in [2.05, 4.69) is 14.7 Å². The normalized spacial score (nSPS) is 11.7. The summed E-state index contributed by atoms with van der Waals surface area (Å²) in [5.41, 5.74) is 2.18. The Bertz CT molecular complexity index is 1110. The van der Waals surface area contributed by atoms with Crippen molar-refractivity contribution in [2.75, 3.05) is 4.72 Å². The second-order valence-electron chi connectivity index (χ2n) is 5.50. The Morgan fingerprint density at radius 1 is 1.12 bits per heavy atom. The molecule has 25 heavy (non-hydrogen) atoms. The maximum Gasteiger partial charge on any atom is 0.271 e. The summed E-state index contributed by atoms with van der Waals surface area (Å²) < 4.78 is 29.5. The Balaban J connectivity index is 1.59. The molecular formula is C17H14N4O2S2. The number of benzene rings is 1. The van der Waals surface area contributed by atoms with Crippen molar-refractivity contribution in [1.29, 1.82) is 0 Å². The summed E-state index contributed by atoms with van der Waals surface area (Å²) in [5.74, 6) is 0.621. The van der Waals surface area contributed by atoms with Crippen LogP contribution in [0, 0.1) is 6.92 Å². The van der Waals surface area contributed by atoms with Crippen molar-refractivity contribution in [3.05, 3.63) is 65.9 Å². The van der Waals surface area contributed by atoms with Gasteiger partial charge >= 0.3 is 0 Å². The highest BCUT2D eigenvalue weighted by Crippen LogP contribution is 2.25. The van der Waals surface area contributed by atoms with Crippen LogP contribution >= 0.6 is 11.3 Å². The maximum absolute atomic E-state index is 12.4. The van der Waals surface area contributed by atoms with E-state index in [0.29, 0.717) is 15.7 Å². The molecule has 0 saturated heterocycles. The minimum absolute atomic E-state index is 0.306. The Hall–Kier alpha value is -2.71. The molecule has 0 amide bonds. The first kappa shape index (κ1) is 15.8. The van der Waals surface area contributed by atoms with E-state index in [9.17, 15) is 8.42 Å². The summed E-state index contributed by atoms with van der Waals surface area (Å²) in [7, 11) is -3.55. The number of anilines is 1. The molecule has 6 nitrogen and oxygen atoms in total. The van der Waals surface area contributed by atoms with Crippen molar-refractivity contribution in [3.63, 3.8) is 0 Å². The number of sulfonamides is 1. The molecule has 1 aromatic carbocycles. The molecule has 0 saturated carbocycles. The number of rotatable bonds is 4. The van der Waals surface area contributed by atoms with E-state index in [1.807, 2.05) is 41.9 Å². The Kier molecular flexibility index (Phi) is 3.78. The number of imidazole rings is 1. The minimum atomic E-state index is -3.55. The van der Waals surface area contributed by atoms with Crippen LogP contribution in [0.15, 0.2) is 65.3 Å². The first-order valence-electron chi connectivity index (χ1n) is 7.51. The summed E-state index contributed by atoms with van der Waals surface area (Å²) in [6, 6.07) is 12.4. The third-order valence-corrected chi connectivity index (χ3v) is 6.52. The third kappa shape index (κ3) is 3.13. The van der Waals surface area contributed by atoms with Gasteiger partial charge in [0.05, 0.1) is 5.69 Å². The summed E-state index contributed by atoms with van der Waals surface area (Å²) in [6.45, 7) is 1.88. The zero-order valence-electron chi connectivity index (χ0n) is 13.2. The second kappa shape index (κ2) is 5.98. The SMILES string of the molecule is Cc1ccc(S(=O)(=O)Nc2ccc(-c3cn4cccnc4n3)cc2)s1. The molecule has 0 aliphatic rings. The molecule has 4 rings (SSSR count). The highest BCUT2D eigenvalue weighted by atomic mass is 32.2.